The Balaban J connectivity index is -0.000000134. The van der Waals surface area contributed by atoms with E-state index in [9.17, 15) is 0 Å². The summed E-state index contributed by atoms with van der Waals surface area (Å²) in [7, 11) is 0. The van der Waals surface area contributed by atoms with E-state index in [-0.39, 0.29) is 11.1 Å². The minimum Gasteiger partial charge on any atom is -0.346 e. The van der Waals surface area contributed by atoms with Gasteiger partial charge >= 0.3 is 43.0 Å². The Kier molecular flexibility index (Phi) is 27.3. The van der Waals surface area contributed by atoms with Crippen LogP contribution in [0.15, 0.2) is 15.9 Å². The molecular weight excluding hydrogens is 430 g/mol. The molecule has 0 rings (SSSR count). The first-order valence-electron chi connectivity index (χ1n) is 7.42. The molecule has 0 amide bonds. The standard InChI is InChI=1S/C10H20N2.C3H7N.2C2H5.W/c1-9(2,3)11-7-8-12-10(4,5)6;1-2-3-4;2*1-2;/h7-8H,1-6H3;2-3H2,1H3;2*1H2,2H3;/q-2;;2*-1;/b8-7-;;;;. The molecule has 0 bridgehead atoms. The fourth-order valence-corrected chi connectivity index (χ4v) is 1.26. The van der Waals surface area contributed by atoms with Crippen LogP contribution in [0.2, 0.25) is 0 Å². The van der Waals surface area contributed by atoms with Gasteiger partial charge in [0.15, 0.2) is 0 Å². The molecule has 0 aromatic carbocycles. The molecule has 4 heteroatoms. The zero-order valence-electron chi connectivity index (χ0n) is 15.7. The largest absolute Gasteiger partial charge is 0.346 e. The molecule has 0 aromatic heterocycles. The van der Waals surface area contributed by atoms with Crippen LogP contribution in [0.1, 0.15) is 68.7 Å². The summed E-state index contributed by atoms with van der Waals surface area (Å²) < 4.78 is 3.94. The number of nitrogens with zero attached hydrogens (tertiary/aromatic N) is 3. The van der Waals surface area contributed by atoms with E-state index < -0.39 is 0 Å². The minimum atomic E-state index is 0.00387. The van der Waals surface area contributed by atoms with Crippen molar-refractivity contribution in [3.05, 3.63) is 36.9 Å². The van der Waals surface area contributed by atoms with Crippen molar-refractivity contribution in [2.24, 2.45) is 3.50 Å². The molecule has 0 fully saturated rings. The van der Waals surface area contributed by atoms with E-state index in [1.807, 2.05) is 0 Å². The maximum absolute atomic E-state index is 4.29. The predicted molar refractivity (Wildman–Crippen MR) is 95.0 cm³/mol. The Morgan fingerprint density at radius 3 is 1.24 bits per heavy atom. The van der Waals surface area contributed by atoms with Crippen LogP contribution in [0, 0.1) is 13.8 Å². The molecule has 0 saturated carbocycles. The van der Waals surface area contributed by atoms with Crippen molar-refractivity contribution in [2.75, 3.05) is 6.54 Å². The molecule has 0 aliphatic carbocycles. The van der Waals surface area contributed by atoms with Crippen LogP contribution in [0.3, 0.4) is 0 Å². The Bertz CT molecular complexity index is 195. The molecule has 3 nitrogen and oxygen atoms in total. The van der Waals surface area contributed by atoms with Gasteiger partial charge in [-0.1, -0.05) is 41.5 Å². The summed E-state index contributed by atoms with van der Waals surface area (Å²) in [6.07, 6.45) is 4.74. The summed E-state index contributed by atoms with van der Waals surface area (Å²) in [4.78, 5) is 0. The number of hydrogen-bond donors (Lipinski definition) is 0. The first-order valence-corrected chi connectivity index (χ1v) is 8.73. The first-order chi connectivity index (χ1) is 9.62. The van der Waals surface area contributed by atoms with E-state index in [1.54, 1.807) is 26.2 Å². The van der Waals surface area contributed by atoms with Gasteiger partial charge in [0.05, 0.1) is 0 Å². The van der Waals surface area contributed by atoms with Crippen LogP contribution < -0.4 is 0 Å². The topological polar surface area (TPSA) is 40.6 Å². The van der Waals surface area contributed by atoms with Gasteiger partial charge in [0, 0.05) is 0 Å². The molecule has 0 aromatic rings. The van der Waals surface area contributed by atoms with Crippen LogP contribution in [0.4, 0.5) is 0 Å². The molecule has 0 atom stereocenters. The third-order valence-electron chi connectivity index (χ3n) is 1.31. The van der Waals surface area contributed by atoms with Crippen LogP contribution in [0.5, 0.6) is 0 Å². The van der Waals surface area contributed by atoms with Gasteiger partial charge in [-0.05, 0) is 0 Å². The monoisotopic (exact) mass is 467 g/mol. The Labute approximate surface area is 146 Å². The van der Waals surface area contributed by atoms with Gasteiger partial charge in [0.25, 0.3) is 0 Å². The molecule has 0 aliphatic heterocycles. The SMILES string of the molecule is CC(C)(C)[N-]/C=C\[N-]C(C)(C)C.CCC[N]=[W].[CH2-]C.[CH2-]C. The van der Waals surface area contributed by atoms with E-state index in [1.165, 1.54) is 26.1 Å². The zero-order chi connectivity index (χ0) is 17.9. The quantitative estimate of drug-likeness (QED) is 0.418. The molecule has 0 radical (unpaired) electrons. The van der Waals surface area contributed by atoms with E-state index in [0.717, 1.165) is 6.54 Å². The van der Waals surface area contributed by atoms with Crippen molar-refractivity contribution < 1.29 is 19.6 Å². The second-order valence-corrected chi connectivity index (χ2v) is 6.68. The smallest absolute Gasteiger partial charge is 0.194 e. The van der Waals surface area contributed by atoms with Crippen LogP contribution in [-0.4, -0.2) is 17.6 Å². The van der Waals surface area contributed by atoms with Gasteiger partial charge < -0.3 is 24.5 Å². The second kappa shape index (κ2) is 19.8. The minimum absolute atomic E-state index is 0.00387. The van der Waals surface area contributed by atoms with Gasteiger partial charge in [-0.25, -0.2) is 12.4 Å². The van der Waals surface area contributed by atoms with E-state index in [4.69, 9.17) is 0 Å². The van der Waals surface area contributed by atoms with Crippen LogP contribution in [0.25, 0.3) is 10.6 Å². The van der Waals surface area contributed by atoms with Crippen molar-refractivity contribution >= 4 is 0 Å². The van der Waals surface area contributed by atoms with Crippen molar-refractivity contribution in [1.82, 2.24) is 0 Å². The Morgan fingerprint density at radius 1 is 0.857 bits per heavy atom. The molecule has 0 saturated heterocycles. The number of rotatable bonds is 4. The van der Waals surface area contributed by atoms with Gasteiger partial charge in [-0.15, -0.1) is 11.1 Å². The molecule has 0 spiro atoms. The maximum atomic E-state index is 4.29. The molecule has 21 heavy (non-hydrogen) atoms. The van der Waals surface area contributed by atoms with Crippen molar-refractivity contribution in [3.63, 3.8) is 0 Å². The van der Waals surface area contributed by atoms with Crippen LogP contribution in [-0.2, 0) is 19.6 Å². The van der Waals surface area contributed by atoms with Gasteiger partial charge in [0.2, 0.25) is 0 Å². The van der Waals surface area contributed by atoms with Gasteiger partial charge in [-0.2, -0.15) is 13.8 Å². The Hall–Kier alpha value is -0.172. The summed E-state index contributed by atoms with van der Waals surface area (Å²) >= 11 is 1.35. The normalized spacial score (nSPS) is 10.0. The number of hydrogen-bond acceptors (Lipinski definition) is 1. The van der Waals surface area contributed by atoms with Gasteiger partial charge in [0.1, 0.15) is 0 Å². The van der Waals surface area contributed by atoms with Crippen molar-refractivity contribution in [1.29, 1.82) is 0 Å². The fourth-order valence-electron chi connectivity index (χ4n) is 0.605. The van der Waals surface area contributed by atoms with E-state index in [0.29, 0.717) is 0 Å². The Morgan fingerprint density at radius 2 is 1.14 bits per heavy atom. The third kappa shape index (κ3) is 53.8. The molecule has 0 N–H and O–H groups in total. The molecular formula is C17H37N3W-4. The summed E-state index contributed by atoms with van der Waals surface area (Å²) in [5.41, 5.74) is 0.00775. The average molecular weight is 467 g/mol. The van der Waals surface area contributed by atoms with Gasteiger partial charge in [-0.3, -0.25) is 0 Å². The average Bonchev–Trinajstić information content (AvgIpc) is 2.39. The zero-order valence-corrected chi connectivity index (χ0v) is 18.7. The van der Waals surface area contributed by atoms with Crippen molar-refractivity contribution in [3.8, 4) is 0 Å². The maximum Gasteiger partial charge on any atom is -0.194 e. The van der Waals surface area contributed by atoms with E-state index in [2.05, 4.69) is 76.4 Å². The third-order valence-corrected chi connectivity index (χ3v) is 1.96. The summed E-state index contributed by atoms with van der Waals surface area (Å²) in [5, 5.41) is 8.57. The summed E-state index contributed by atoms with van der Waals surface area (Å²) in [6, 6.07) is 0. The second-order valence-electron chi connectivity index (χ2n) is 5.75. The fraction of sp³-hybridized carbons (Fsp3) is 0.765. The first kappa shape index (κ1) is 28.9. The van der Waals surface area contributed by atoms with Crippen molar-refractivity contribution in [2.45, 2.75) is 79.8 Å². The predicted octanol–water partition coefficient (Wildman–Crippen LogP) is 6.61. The molecule has 130 valence electrons. The molecule has 0 unspecified atom stereocenters. The summed E-state index contributed by atoms with van der Waals surface area (Å²) in [6.45, 7) is 25.6. The van der Waals surface area contributed by atoms with E-state index >= 15 is 0 Å². The molecule has 0 heterocycles. The van der Waals surface area contributed by atoms with Crippen LogP contribution >= 0.6 is 0 Å². The molecule has 0 aliphatic rings. The summed E-state index contributed by atoms with van der Waals surface area (Å²) in [5.74, 6) is 0.